The molecule has 1 aliphatic rings. The van der Waals surface area contributed by atoms with E-state index in [0.717, 1.165) is 0 Å². The van der Waals surface area contributed by atoms with Crippen molar-refractivity contribution in [3.8, 4) is 0 Å². The van der Waals surface area contributed by atoms with Crippen molar-refractivity contribution >= 4 is 6.21 Å². The summed E-state index contributed by atoms with van der Waals surface area (Å²) in [5.74, 6) is 0. The average molecular weight is 138 g/mol. The van der Waals surface area contributed by atoms with E-state index in [-0.39, 0.29) is 0 Å². The molecule has 0 aromatic carbocycles. The van der Waals surface area contributed by atoms with Crippen molar-refractivity contribution in [3.05, 3.63) is 12.2 Å². The predicted molar refractivity (Wildman–Crippen MR) is 44.7 cm³/mol. The minimum atomic E-state index is 0.631. The summed E-state index contributed by atoms with van der Waals surface area (Å²) in [6.07, 6.45) is 9.15. The van der Waals surface area contributed by atoms with Crippen LogP contribution in [0.25, 0.3) is 0 Å². The highest BCUT2D eigenvalue weighted by atomic mass is 15.0. The molecule has 1 atom stereocenters. The zero-order valence-electron chi connectivity index (χ0n) is 6.88. The summed E-state index contributed by atoms with van der Waals surface area (Å²) in [6.45, 7) is 5.68. The second kappa shape index (κ2) is 3.55. The van der Waals surface area contributed by atoms with E-state index in [9.17, 15) is 0 Å². The Kier molecular flexibility index (Phi) is 2.67. The summed E-state index contributed by atoms with van der Waals surface area (Å²) in [4.78, 5) is 0. The summed E-state index contributed by atoms with van der Waals surface area (Å²) in [7, 11) is 0. The number of hydrogen-bond acceptors (Lipinski definition) is 0. The monoisotopic (exact) mass is 138 g/mol. The van der Waals surface area contributed by atoms with Crippen molar-refractivity contribution < 1.29 is 4.58 Å². The molecule has 1 heteroatoms. The summed E-state index contributed by atoms with van der Waals surface area (Å²) in [5, 5.41) is 0. The molecule has 0 aromatic rings. The zero-order valence-corrected chi connectivity index (χ0v) is 6.88. The van der Waals surface area contributed by atoms with E-state index in [0.29, 0.717) is 6.04 Å². The highest BCUT2D eigenvalue weighted by molar-refractivity contribution is 5.68. The van der Waals surface area contributed by atoms with Gasteiger partial charge in [-0.15, -0.1) is 0 Å². The van der Waals surface area contributed by atoms with Crippen LogP contribution in [0.5, 0.6) is 0 Å². The van der Waals surface area contributed by atoms with E-state index in [1.807, 2.05) is 0 Å². The Hall–Kier alpha value is -0.590. The Bertz CT molecular complexity index is 156. The minimum absolute atomic E-state index is 0.631. The molecule has 0 saturated heterocycles. The Morgan fingerprint density at radius 1 is 1.50 bits per heavy atom. The van der Waals surface area contributed by atoms with Gasteiger partial charge in [0.25, 0.3) is 0 Å². The van der Waals surface area contributed by atoms with Crippen LogP contribution >= 0.6 is 0 Å². The smallest absolute Gasteiger partial charge is 0.168 e. The van der Waals surface area contributed by atoms with Gasteiger partial charge in [-0.3, -0.25) is 0 Å². The zero-order chi connectivity index (χ0) is 7.40. The van der Waals surface area contributed by atoms with Gasteiger partial charge in [-0.1, -0.05) is 13.3 Å². The molecule has 1 nitrogen and oxygen atoms in total. The topological polar surface area (TPSA) is 3.01 Å². The number of allylic oxidation sites excluding steroid dienone is 1. The third-order valence-corrected chi connectivity index (χ3v) is 1.96. The van der Waals surface area contributed by atoms with Gasteiger partial charge in [0.15, 0.2) is 12.3 Å². The molecule has 0 aromatic heterocycles. The van der Waals surface area contributed by atoms with E-state index in [1.54, 1.807) is 0 Å². The standard InChI is InChI=1S/C9H16N/c1-3-4-7-10-8-5-6-9(10)2/h5-6,8-9H,3-4,7H2,1-2H3/q+1. The molecule has 56 valence electrons. The van der Waals surface area contributed by atoms with Crippen LogP contribution in [0.1, 0.15) is 26.7 Å². The second-order valence-electron chi connectivity index (χ2n) is 2.87. The summed E-state index contributed by atoms with van der Waals surface area (Å²) < 4.78 is 2.38. The summed E-state index contributed by atoms with van der Waals surface area (Å²) in [5.41, 5.74) is 0. The Balaban J connectivity index is 2.30. The van der Waals surface area contributed by atoms with Crippen molar-refractivity contribution in [2.24, 2.45) is 0 Å². The largest absolute Gasteiger partial charge is 0.230 e. The highest BCUT2D eigenvalue weighted by Crippen LogP contribution is 2.00. The lowest BCUT2D eigenvalue weighted by atomic mass is 10.3. The number of rotatable bonds is 3. The lowest BCUT2D eigenvalue weighted by Crippen LogP contribution is -2.19. The van der Waals surface area contributed by atoms with Gasteiger partial charge in [0.1, 0.15) is 6.54 Å². The summed E-state index contributed by atoms with van der Waals surface area (Å²) >= 11 is 0. The van der Waals surface area contributed by atoms with Crippen LogP contribution < -0.4 is 0 Å². The lowest BCUT2D eigenvalue weighted by Gasteiger charge is -2.01. The maximum Gasteiger partial charge on any atom is 0.168 e. The van der Waals surface area contributed by atoms with E-state index in [1.165, 1.54) is 19.4 Å². The van der Waals surface area contributed by atoms with Gasteiger partial charge in [0.2, 0.25) is 0 Å². The molecule has 0 bridgehead atoms. The quantitative estimate of drug-likeness (QED) is 0.523. The van der Waals surface area contributed by atoms with Gasteiger partial charge >= 0.3 is 0 Å². The first kappa shape index (κ1) is 7.52. The fraction of sp³-hybridized carbons (Fsp3) is 0.667. The first-order chi connectivity index (χ1) is 4.84. The predicted octanol–water partition coefficient (Wildman–Crippen LogP) is 1.83. The number of unbranched alkanes of at least 4 members (excludes halogenated alkanes) is 1. The van der Waals surface area contributed by atoms with Crippen LogP contribution in [-0.2, 0) is 0 Å². The van der Waals surface area contributed by atoms with E-state index in [2.05, 4.69) is 36.8 Å². The second-order valence-corrected chi connectivity index (χ2v) is 2.87. The van der Waals surface area contributed by atoms with E-state index < -0.39 is 0 Å². The highest BCUT2D eigenvalue weighted by Gasteiger charge is 2.13. The van der Waals surface area contributed by atoms with Crippen LogP contribution in [0.4, 0.5) is 0 Å². The Morgan fingerprint density at radius 3 is 2.80 bits per heavy atom. The average Bonchev–Trinajstić information content (AvgIpc) is 2.31. The van der Waals surface area contributed by atoms with Crippen molar-refractivity contribution in [3.63, 3.8) is 0 Å². The molecule has 0 saturated carbocycles. The molecule has 1 aliphatic heterocycles. The molecule has 1 rings (SSSR count). The molecule has 0 fully saturated rings. The van der Waals surface area contributed by atoms with E-state index >= 15 is 0 Å². The van der Waals surface area contributed by atoms with Gasteiger partial charge in [0, 0.05) is 19.4 Å². The molecule has 0 N–H and O–H groups in total. The van der Waals surface area contributed by atoms with Gasteiger partial charge in [-0.05, 0) is 6.08 Å². The molecule has 0 aliphatic carbocycles. The van der Waals surface area contributed by atoms with Crippen LogP contribution in [0, 0.1) is 0 Å². The first-order valence-electron chi connectivity index (χ1n) is 4.12. The van der Waals surface area contributed by atoms with Gasteiger partial charge in [0.05, 0.1) is 0 Å². The molecule has 10 heavy (non-hydrogen) atoms. The van der Waals surface area contributed by atoms with Gasteiger partial charge in [-0.2, -0.15) is 0 Å². The summed E-state index contributed by atoms with van der Waals surface area (Å²) in [6, 6.07) is 0.631. The van der Waals surface area contributed by atoms with Gasteiger partial charge in [-0.25, -0.2) is 4.58 Å². The molecule has 1 heterocycles. The molecular weight excluding hydrogens is 122 g/mol. The van der Waals surface area contributed by atoms with Crippen molar-refractivity contribution in [2.75, 3.05) is 6.54 Å². The van der Waals surface area contributed by atoms with Crippen LogP contribution in [0.3, 0.4) is 0 Å². The fourth-order valence-corrected chi connectivity index (χ4v) is 1.19. The van der Waals surface area contributed by atoms with Crippen molar-refractivity contribution in [2.45, 2.75) is 32.7 Å². The van der Waals surface area contributed by atoms with E-state index in [4.69, 9.17) is 0 Å². The molecule has 0 spiro atoms. The number of hydrogen-bond donors (Lipinski definition) is 0. The molecule has 0 radical (unpaired) electrons. The SMILES string of the molecule is CCCC[N+]1=CC=CC1C. The Labute approximate surface area is 63.1 Å². The normalized spacial score (nSPS) is 23.4. The van der Waals surface area contributed by atoms with Crippen molar-refractivity contribution in [1.82, 2.24) is 0 Å². The molecule has 0 amide bonds. The fourth-order valence-electron chi connectivity index (χ4n) is 1.19. The number of nitrogens with zero attached hydrogens (tertiary/aromatic N) is 1. The van der Waals surface area contributed by atoms with Crippen LogP contribution in [-0.4, -0.2) is 23.4 Å². The van der Waals surface area contributed by atoms with Crippen molar-refractivity contribution in [1.29, 1.82) is 0 Å². The Morgan fingerprint density at radius 2 is 2.30 bits per heavy atom. The minimum Gasteiger partial charge on any atom is -0.230 e. The molecular formula is C9H16N+. The third-order valence-electron chi connectivity index (χ3n) is 1.96. The van der Waals surface area contributed by atoms with Gasteiger partial charge < -0.3 is 0 Å². The molecule has 1 unspecified atom stereocenters. The third kappa shape index (κ3) is 1.69. The maximum atomic E-state index is 2.38. The van der Waals surface area contributed by atoms with Crippen LogP contribution in [0.2, 0.25) is 0 Å². The first-order valence-corrected chi connectivity index (χ1v) is 4.12. The maximum absolute atomic E-state index is 2.38. The lowest BCUT2D eigenvalue weighted by molar-refractivity contribution is -0.543. The van der Waals surface area contributed by atoms with Crippen LogP contribution in [0.15, 0.2) is 12.2 Å².